The number of rotatable bonds is 6. The lowest BCUT2D eigenvalue weighted by atomic mass is 10.1. The number of aromatic amines is 1. The molecular weight excluding hydrogens is 214 g/mol. The number of carboxylic acid groups (broad SMARTS) is 1. The van der Waals surface area contributed by atoms with Crippen LogP contribution in [0.4, 0.5) is 0 Å². The maximum absolute atomic E-state index is 10.3. The molecule has 15 heavy (non-hydrogen) atoms. The number of nitrogens with zero attached hydrogens (tertiary/aromatic N) is 2. The van der Waals surface area contributed by atoms with Crippen LogP contribution in [0.15, 0.2) is 5.16 Å². The zero-order chi connectivity index (χ0) is 11.3. The summed E-state index contributed by atoms with van der Waals surface area (Å²) in [6, 6.07) is 0. The van der Waals surface area contributed by atoms with Gasteiger partial charge in [0.2, 0.25) is 5.16 Å². The molecule has 0 amide bonds. The highest BCUT2D eigenvalue weighted by atomic mass is 32.2. The van der Waals surface area contributed by atoms with E-state index in [1.165, 1.54) is 0 Å². The minimum atomic E-state index is -0.853. The molecule has 1 atom stereocenters. The fourth-order valence-corrected chi connectivity index (χ4v) is 1.57. The third-order valence-electron chi connectivity index (χ3n) is 2.07. The monoisotopic (exact) mass is 229 g/mol. The van der Waals surface area contributed by atoms with Gasteiger partial charge in [0.05, 0.1) is 5.75 Å². The molecule has 0 aliphatic carbocycles. The van der Waals surface area contributed by atoms with Crippen molar-refractivity contribution in [3.63, 3.8) is 0 Å². The summed E-state index contributed by atoms with van der Waals surface area (Å²) < 4.78 is 0. The van der Waals surface area contributed by atoms with Crippen molar-refractivity contribution in [3.8, 4) is 0 Å². The fourth-order valence-electron chi connectivity index (χ4n) is 1.03. The molecule has 84 valence electrons. The molecule has 5 nitrogen and oxygen atoms in total. The summed E-state index contributed by atoms with van der Waals surface area (Å²) >= 11 is 1.13. The second-order valence-electron chi connectivity index (χ2n) is 3.46. The Hall–Kier alpha value is -1.04. The van der Waals surface area contributed by atoms with E-state index in [-0.39, 0.29) is 5.75 Å². The summed E-state index contributed by atoms with van der Waals surface area (Å²) in [6.45, 7) is 4.27. The fraction of sp³-hybridized carbons (Fsp3) is 0.667. The van der Waals surface area contributed by atoms with Gasteiger partial charge < -0.3 is 5.11 Å². The van der Waals surface area contributed by atoms with E-state index in [9.17, 15) is 4.79 Å². The Morgan fingerprint density at radius 2 is 2.40 bits per heavy atom. The molecule has 1 aromatic rings. The van der Waals surface area contributed by atoms with Crippen LogP contribution in [0.5, 0.6) is 0 Å². The lowest BCUT2D eigenvalue weighted by Gasteiger charge is -2.03. The Labute approximate surface area is 92.7 Å². The minimum absolute atomic E-state index is 0.000620. The van der Waals surface area contributed by atoms with Gasteiger partial charge in [-0.1, -0.05) is 32.0 Å². The van der Waals surface area contributed by atoms with Crippen molar-refractivity contribution in [1.29, 1.82) is 0 Å². The SMILES string of the molecule is CCC(C)Cc1nc(SCC(=O)O)n[nH]1. The molecule has 0 saturated carbocycles. The summed E-state index contributed by atoms with van der Waals surface area (Å²) in [6.07, 6.45) is 1.95. The van der Waals surface area contributed by atoms with Crippen LogP contribution >= 0.6 is 11.8 Å². The van der Waals surface area contributed by atoms with Crippen LogP contribution in [0.25, 0.3) is 0 Å². The number of carboxylic acids is 1. The molecule has 6 heteroatoms. The second-order valence-corrected chi connectivity index (χ2v) is 4.41. The normalized spacial score (nSPS) is 12.7. The molecule has 0 bridgehead atoms. The Kier molecular flexibility index (Phi) is 4.61. The predicted octanol–water partition coefficient (Wildman–Crippen LogP) is 1.57. The summed E-state index contributed by atoms with van der Waals surface area (Å²) in [5.41, 5.74) is 0. The van der Waals surface area contributed by atoms with Crippen molar-refractivity contribution >= 4 is 17.7 Å². The van der Waals surface area contributed by atoms with Gasteiger partial charge in [-0.2, -0.15) is 0 Å². The first-order valence-corrected chi connectivity index (χ1v) is 5.86. The van der Waals surface area contributed by atoms with E-state index in [0.717, 1.165) is 30.4 Å². The van der Waals surface area contributed by atoms with Crippen molar-refractivity contribution in [3.05, 3.63) is 5.82 Å². The molecule has 2 N–H and O–H groups in total. The summed E-state index contributed by atoms with van der Waals surface area (Å²) in [5, 5.41) is 15.7. The standard InChI is InChI=1S/C9H15N3O2S/c1-3-6(2)4-7-10-9(12-11-7)15-5-8(13)14/h6H,3-5H2,1-2H3,(H,13,14)(H,10,11,12). The zero-order valence-corrected chi connectivity index (χ0v) is 9.67. The third kappa shape index (κ3) is 4.33. The first-order valence-electron chi connectivity index (χ1n) is 4.87. The number of carbonyl (C=O) groups is 1. The van der Waals surface area contributed by atoms with Crippen LogP contribution in [0.3, 0.4) is 0 Å². The van der Waals surface area contributed by atoms with Gasteiger partial charge in [0.1, 0.15) is 5.82 Å². The van der Waals surface area contributed by atoms with E-state index in [0.29, 0.717) is 11.1 Å². The molecule has 0 fully saturated rings. The molecule has 0 aliphatic rings. The molecule has 0 aromatic carbocycles. The van der Waals surface area contributed by atoms with Gasteiger partial charge >= 0.3 is 5.97 Å². The molecule has 1 heterocycles. The Morgan fingerprint density at radius 3 is 3.00 bits per heavy atom. The van der Waals surface area contributed by atoms with E-state index in [1.807, 2.05) is 0 Å². The van der Waals surface area contributed by atoms with Crippen molar-refractivity contribution in [1.82, 2.24) is 15.2 Å². The molecule has 0 aliphatic heterocycles. The van der Waals surface area contributed by atoms with Gasteiger partial charge in [-0.3, -0.25) is 9.89 Å². The smallest absolute Gasteiger partial charge is 0.313 e. The summed E-state index contributed by atoms with van der Waals surface area (Å²) in [5.74, 6) is 0.543. The largest absolute Gasteiger partial charge is 0.481 e. The topological polar surface area (TPSA) is 78.9 Å². The van der Waals surface area contributed by atoms with Crippen LogP contribution in [-0.2, 0) is 11.2 Å². The molecule has 1 aromatic heterocycles. The number of H-pyrrole nitrogens is 1. The molecule has 1 rings (SSSR count). The highest BCUT2D eigenvalue weighted by Crippen LogP contribution is 2.14. The van der Waals surface area contributed by atoms with Crippen molar-refractivity contribution in [2.75, 3.05) is 5.75 Å². The molecule has 0 saturated heterocycles. The minimum Gasteiger partial charge on any atom is -0.481 e. The van der Waals surface area contributed by atoms with Crippen molar-refractivity contribution in [2.24, 2.45) is 5.92 Å². The predicted molar refractivity (Wildman–Crippen MR) is 57.9 cm³/mol. The molecular formula is C9H15N3O2S. The Bertz CT molecular complexity index is 327. The second kappa shape index (κ2) is 5.75. The first-order chi connectivity index (χ1) is 7.11. The van der Waals surface area contributed by atoms with E-state index in [1.54, 1.807) is 0 Å². The van der Waals surface area contributed by atoms with Crippen LogP contribution in [-0.4, -0.2) is 32.0 Å². The number of hydrogen-bond acceptors (Lipinski definition) is 4. The van der Waals surface area contributed by atoms with E-state index in [4.69, 9.17) is 5.11 Å². The van der Waals surface area contributed by atoms with Crippen LogP contribution < -0.4 is 0 Å². The average molecular weight is 229 g/mol. The maximum atomic E-state index is 10.3. The number of thioether (sulfide) groups is 1. The third-order valence-corrected chi connectivity index (χ3v) is 2.91. The van der Waals surface area contributed by atoms with E-state index < -0.39 is 5.97 Å². The summed E-state index contributed by atoms with van der Waals surface area (Å²) in [7, 11) is 0. The lowest BCUT2D eigenvalue weighted by Crippen LogP contribution is -2.00. The Balaban J connectivity index is 2.45. The number of hydrogen-bond donors (Lipinski definition) is 2. The van der Waals surface area contributed by atoms with Gasteiger partial charge in [0.25, 0.3) is 0 Å². The molecule has 0 spiro atoms. The zero-order valence-electron chi connectivity index (χ0n) is 8.86. The van der Waals surface area contributed by atoms with E-state index in [2.05, 4.69) is 29.0 Å². The van der Waals surface area contributed by atoms with Crippen LogP contribution in [0, 0.1) is 5.92 Å². The number of aromatic nitrogens is 3. The number of nitrogens with one attached hydrogen (secondary N) is 1. The van der Waals surface area contributed by atoms with Gasteiger partial charge in [-0.05, 0) is 5.92 Å². The van der Waals surface area contributed by atoms with Crippen molar-refractivity contribution < 1.29 is 9.90 Å². The van der Waals surface area contributed by atoms with E-state index >= 15 is 0 Å². The lowest BCUT2D eigenvalue weighted by molar-refractivity contribution is -0.133. The average Bonchev–Trinajstić information content (AvgIpc) is 2.62. The maximum Gasteiger partial charge on any atom is 0.313 e. The quantitative estimate of drug-likeness (QED) is 0.724. The number of aliphatic carboxylic acids is 1. The Morgan fingerprint density at radius 1 is 1.67 bits per heavy atom. The van der Waals surface area contributed by atoms with Crippen LogP contribution in [0.1, 0.15) is 26.1 Å². The summed E-state index contributed by atoms with van der Waals surface area (Å²) in [4.78, 5) is 14.5. The molecule has 1 unspecified atom stereocenters. The van der Waals surface area contributed by atoms with Gasteiger partial charge in [-0.25, -0.2) is 4.98 Å². The van der Waals surface area contributed by atoms with Gasteiger partial charge in [-0.15, -0.1) is 5.10 Å². The highest BCUT2D eigenvalue weighted by molar-refractivity contribution is 7.99. The highest BCUT2D eigenvalue weighted by Gasteiger charge is 2.08. The first kappa shape index (κ1) is 12.0. The van der Waals surface area contributed by atoms with Crippen molar-refractivity contribution in [2.45, 2.75) is 31.8 Å². The van der Waals surface area contributed by atoms with Gasteiger partial charge in [0.15, 0.2) is 0 Å². The molecule has 0 radical (unpaired) electrons. The van der Waals surface area contributed by atoms with Gasteiger partial charge in [0, 0.05) is 6.42 Å². The van der Waals surface area contributed by atoms with Crippen LogP contribution in [0.2, 0.25) is 0 Å².